The molecule has 7 heteroatoms. The molecular formula is C16H27N5O2. The molecule has 7 nitrogen and oxygen atoms in total. The Bertz CT molecular complexity index is 537. The van der Waals surface area contributed by atoms with Crippen molar-refractivity contribution in [3.05, 3.63) is 17.5 Å². The summed E-state index contributed by atoms with van der Waals surface area (Å²) >= 11 is 0. The molecule has 128 valence electrons. The lowest BCUT2D eigenvalue weighted by molar-refractivity contribution is 0.0775. The van der Waals surface area contributed by atoms with Crippen LogP contribution in [0.5, 0.6) is 0 Å². The normalized spacial score (nSPS) is 19.3. The van der Waals surface area contributed by atoms with Gasteiger partial charge in [0.05, 0.1) is 17.9 Å². The molecule has 0 aliphatic carbocycles. The average Bonchev–Trinajstić information content (AvgIpc) is 2.83. The lowest BCUT2D eigenvalue weighted by Gasteiger charge is -2.24. The van der Waals surface area contributed by atoms with Crippen LogP contribution in [-0.4, -0.2) is 65.5 Å². The number of aryl methyl sites for hydroxylation is 1. The van der Waals surface area contributed by atoms with Gasteiger partial charge >= 0.3 is 6.03 Å². The minimum absolute atomic E-state index is 0.0709. The van der Waals surface area contributed by atoms with Crippen LogP contribution < -0.4 is 5.32 Å². The maximum atomic E-state index is 12.2. The molecule has 0 radical (unpaired) electrons. The zero-order chi connectivity index (χ0) is 16.2. The van der Waals surface area contributed by atoms with Crippen molar-refractivity contribution in [1.29, 1.82) is 0 Å². The number of ether oxygens (including phenoxy) is 1. The van der Waals surface area contributed by atoms with Crippen LogP contribution in [0.25, 0.3) is 0 Å². The third kappa shape index (κ3) is 4.03. The van der Waals surface area contributed by atoms with E-state index in [1.165, 1.54) is 0 Å². The third-order valence-electron chi connectivity index (χ3n) is 4.51. The first-order valence-corrected chi connectivity index (χ1v) is 8.46. The number of carbonyl (C=O) groups excluding carboxylic acids is 1. The summed E-state index contributed by atoms with van der Waals surface area (Å²) in [6.45, 7) is 4.78. The van der Waals surface area contributed by atoms with Crippen LogP contribution in [0.2, 0.25) is 0 Å². The summed E-state index contributed by atoms with van der Waals surface area (Å²) in [4.78, 5) is 15.7. The van der Waals surface area contributed by atoms with Crippen LogP contribution in [0, 0.1) is 0 Å². The maximum Gasteiger partial charge on any atom is 0.319 e. The molecule has 0 atom stereocenters. The van der Waals surface area contributed by atoms with Crippen molar-refractivity contribution in [3.8, 4) is 0 Å². The maximum absolute atomic E-state index is 12.2. The van der Waals surface area contributed by atoms with Crippen molar-refractivity contribution >= 4 is 6.03 Å². The van der Waals surface area contributed by atoms with E-state index < -0.39 is 0 Å². The zero-order valence-electron chi connectivity index (χ0n) is 14.1. The van der Waals surface area contributed by atoms with Gasteiger partial charge in [-0.2, -0.15) is 5.10 Å². The molecule has 0 spiro atoms. The summed E-state index contributed by atoms with van der Waals surface area (Å²) < 4.78 is 7.44. The first kappa shape index (κ1) is 16.3. The van der Waals surface area contributed by atoms with Gasteiger partial charge in [-0.3, -0.25) is 4.68 Å². The predicted octanol–water partition coefficient (Wildman–Crippen LogP) is 1.04. The Kier molecular flexibility index (Phi) is 5.17. The Morgan fingerprint density at radius 1 is 1.39 bits per heavy atom. The molecule has 0 aromatic carbocycles. The zero-order valence-corrected chi connectivity index (χ0v) is 14.1. The Morgan fingerprint density at radius 2 is 2.17 bits per heavy atom. The number of fused-ring (bicyclic) bond motifs is 1. The molecule has 1 fully saturated rings. The average molecular weight is 321 g/mol. The number of nitrogens with one attached hydrogen (secondary N) is 1. The van der Waals surface area contributed by atoms with E-state index in [1.807, 2.05) is 4.90 Å². The molecule has 0 saturated carbocycles. The highest BCUT2D eigenvalue weighted by molar-refractivity contribution is 5.73. The monoisotopic (exact) mass is 321 g/mol. The molecule has 3 heterocycles. The second kappa shape index (κ2) is 7.31. The highest BCUT2D eigenvalue weighted by atomic mass is 16.5. The van der Waals surface area contributed by atoms with Gasteiger partial charge in [-0.05, 0) is 25.3 Å². The van der Waals surface area contributed by atoms with Gasteiger partial charge in [-0.25, -0.2) is 4.79 Å². The van der Waals surface area contributed by atoms with Crippen molar-refractivity contribution in [2.24, 2.45) is 0 Å². The summed E-state index contributed by atoms with van der Waals surface area (Å²) in [6, 6.07) is 2.73. The van der Waals surface area contributed by atoms with E-state index in [4.69, 9.17) is 9.84 Å². The number of amides is 2. The Balaban J connectivity index is 1.61. The topological polar surface area (TPSA) is 62.6 Å². The second-order valence-corrected chi connectivity index (χ2v) is 6.57. The number of nitrogens with zero attached hydrogens (tertiary/aromatic N) is 4. The molecule has 2 amide bonds. The second-order valence-electron chi connectivity index (χ2n) is 6.57. The van der Waals surface area contributed by atoms with E-state index in [1.54, 1.807) is 19.0 Å². The molecular weight excluding hydrogens is 294 g/mol. The molecule has 0 unspecified atom stereocenters. The summed E-state index contributed by atoms with van der Waals surface area (Å²) in [7, 11) is 3.60. The molecule has 0 bridgehead atoms. The van der Waals surface area contributed by atoms with E-state index in [2.05, 4.69) is 16.1 Å². The van der Waals surface area contributed by atoms with Gasteiger partial charge in [0.2, 0.25) is 0 Å². The predicted molar refractivity (Wildman–Crippen MR) is 87.0 cm³/mol. The first-order chi connectivity index (χ1) is 11.1. The summed E-state index contributed by atoms with van der Waals surface area (Å²) in [5, 5.41) is 8.28. The Hall–Kier alpha value is -1.60. The van der Waals surface area contributed by atoms with E-state index >= 15 is 0 Å². The van der Waals surface area contributed by atoms with Crippen LogP contribution in [0.15, 0.2) is 6.07 Å². The van der Waals surface area contributed by atoms with Crippen LogP contribution in [-0.2, 0) is 24.4 Å². The van der Waals surface area contributed by atoms with Gasteiger partial charge in [0.1, 0.15) is 0 Å². The molecule has 1 saturated heterocycles. The number of hydrogen-bond donors (Lipinski definition) is 1. The van der Waals surface area contributed by atoms with Gasteiger partial charge in [0, 0.05) is 53.0 Å². The quantitative estimate of drug-likeness (QED) is 0.903. The molecule has 1 N–H and O–H groups in total. The minimum Gasteiger partial charge on any atom is -0.381 e. The van der Waals surface area contributed by atoms with Crippen molar-refractivity contribution in [2.45, 2.75) is 44.9 Å². The van der Waals surface area contributed by atoms with Crippen LogP contribution in [0.1, 0.15) is 30.7 Å². The smallest absolute Gasteiger partial charge is 0.319 e. The summed E-state index contributed by atoms with van der Waals surface area (Å²) in [5.74, 6) is 0. The van der Waals surface area contributed by atoms with Gasteiger partial charge < -0.3 is 19.9 Å². The molecule has 1 aromatic rings. The number of aromatic nitrogens is 2. The lowest BCUT2D eigenvalue weighted by Crippen LogP contribution is -2.38. The molecule has 2 aliphatic heterocycles. The fourth-order valence-electron chi connectivity index (χ4n) is 3.20. The Labute approximate surface area is 137 Å². The number of urea groups is 1. The standard InChI is InChI=1S/C16H27N5O2/c1-19(2)16(22)20-6-3-7-21-15(12-20)10-14(18-21)11-17-13-4-8-23-9-5-13/h10,13,17H,3-9,11-12H2,1-2H3. The van der Waals surface area contributed by atoms with Crippen molar-refractivity contribution in [1.82, 2.24) is 24.9 Å². The van der Waals surface area contributed by atoms with Crippen molar-refractivity contribution < 1.29 is 9.53 Å². The lowest BCUT2D eigenvalue weighted by atomic mass is 10.1. The SMILES string of the molecule is CN(C)C(=O)N1CCCn2nc(CNC3CCOCC3)cc2C1. The molecule has 2 aliphatic rings. The fourth-order valence-corrected chi connectivity index (χ4v) is 3.20. The molecule has 23 heavy (non-hydrogen) atoms. The van der Waals surface area contributed by atoms with E-state index in [0.717, 1.165) is 63.5 Å². The van der Waals surface area contributed by atoms with Crippen LogP contribution >= 0.6 is 0 Å². The van der Waals surface area contributed by atoms with Crippen molar-refractivity contribution in [3.63, 3.8) is 0 Å². The largest absolute Gasteiger partial charge is 0.381 e. The van der Waals surface area contributed by atoms with E-state index in [-0.39, 0.29) is 6.03 Å². The van der Waals surface area contributed by atoms with Gasteiger partial charge in [-0.1, -0.05) is 0 Å². The summed E-state index contributed by atoms with van der Waals surface area (Å²) in [6.07, 6.45) is 3.08. The first-order valence-electron chi connectivity index (χ1n) is 8.46. The number of rotatable bonds is 3. The van der Waals surface area contributed by atoms with E-state index in [9.17, 15) is 4.79 Å². The van der Waals surface area contributed by atoms with Gasteiger partial charge in [-0.15, -0.1) is 0 Å². The van der Waals surface area contributed by atoms with E-state index in [0.29, 0.717) is 12.6 Å². The summed E-state index contributed by atoms with van der Waals surface area (Å²) in [5.41, 5.74) is 2.19. The highest BCUT2D eigenvalue weighted by Gasteiger charge is 2.22. The fraction of sp³-hybridized carbons (Fsp3) is 0.750. The van der Waals surface area contributed by atoms with Crippen LogP contribution in [0.3, 0.4) is 0 Å². The molecule has 3 rings (SSSR count). The highest BCUT2D eigenvalue weighted by Crippen LogP contribution is 2.15. The van der Waals surface area contributed by atoms with Gasteiger partial charge in [0.15, 0.2) is 0 Å². The number of hydrogen-bond acceptors (Lipinski definition) is 4. The minimum atomic E-state index is 0.0709. The molecule has 1 aromatic heterocycles. The van der Waals surface area contributed by atoms with Crippen LogP contribution in [0.4, 0.5) is 4.79 Å². The Morgan fingerprint density at radius 3 is 2.91 bits per heavy atom. The number of carbonyl (C=O) groups is 1. The van der Waals surface area contributed by atoms with Crippen molar-refractivity contribution in [2.75, 3.05) is 33.9 Å². The third-order valence-corrected chi connectivity index (χ3v) is 4.51. The van der Waals surface area contributed by atoms with Gasteiger partial charge in [0.25, 0.3) is 0 Å².